The summed E-state index contributed by atoms with van der Waals surface area (Å²) in [5.74, 6) is 1.58. The van der Waals surface area contributed by atoms with Crippen LogP contribution in [-0.2, 0) is 0 Å². The molecule has 0 atom stereocenters. The molecule has 0 saturated carbocycles. The highest BCUT2D eigenvalue weighted by atomic mass is 32.1. The molecular weight excluding hydrogens is 284 g/mol. The quantitative estimate of drug-likeness (QED) is 0.733. The second kappa shape index (κ2) is 5.93. The molecule has 3 aromatic rings. The van der Waals surface area contributed by atoms with Crippen LogP contribution in [0.1, 0.15) is 0 Å². The van der Waals surface area contributed by atoms with Gasteiger partial charge in [-0.2, -0.15) is 0 Å². The number of rotatable bonds is 4. The second-order valence-corrected chi connectivity index (χ2v) is 5.29. The molecule has 0 fully saturated rings. The molecule has 0 aliphatic heterocycles. The third kappa shape index (κ3) is 2.60. The van der Waals surface area contributed by atoms with Crippen molar-refractivity contribution in [2.45, 2.75) is 0 Å². The van der Waals surface area contributed by atoms with Gasteiger partial charge in [0.2, 0.25) is 0 Å². The highest BCUT2D eigenvalue weighted by molar-refractivity contribution is 7.18. The minimum Gasteiger partial charge on any atom is -0.496 e. The molecule has 1 heterocycles. The number of methoxy groups -OCH3 is 2. The van der Waals surface area contributed by atoms with Crippen LogP contribution in [-0.4, -0.2) is 24.4 Å². The Hall–Kier alpha value is -2.40. The molecule has 106 valence electrons. The van der Waals surface area contributed by atoms with Crippen molar-refractivity contribution in [3.8, 4) is 32.6 Å². The Morgan fingerprint density at radius 2 is 1.14 bits per heavy atom. The first-order valence-electron chi connectivity index (χ1n) is 6.43. The van der Waals surface area contributed by atoms with Gasteiger partial charge in [0.05, 0.1) is 25.3 Å². The van der Waals surface area contributed by atoms with Crippen molar-refractivity contribution in [1.82, 2.24) is 10.2 Å². The number of aromatic nitrogens is 2. The van der Waals surface area contributed by atoms with Crippen molar-refractivity contribution in [3.63, 3.8) is 0 Å². The number of nitrogens with zero attached hydrogens (tertiary/aromatic N) is 2. The molecule has 0 spiro atoms. The zero-order chi connectivity index (χ0) is 14.7. The molecule has 0 unspecified atom stereocenters. The SMILES string of the molecule is COc1ccccc1-c1nnc(-c2ccccc2OC)s1. The summed E-state index contributed by atoms with van der Waals surface area (Å²) >= 11 is 1.52. The average molecular weight is 298 g/mol. The van der Waals surface area contributed by atoms with Crippen LogP contribution < -0.4 is 9.47 Å². The Balaban J connectivity index is 2.04. The summed E-state index contributed by atoms with van der Waals surface area (Å²) in [7, 11) is 3.31. The van der Waals surface area contributed by atoms with Crippen molar-refractivity contribution in [2.24, 2.45) is 0 Å². The Morgan fingerprint density at radius 3 is 1.57 bits per heavy atom. The van der Waals surface area contributed by atoms with E-state index in [-0.39, 0.29) is 0 Å². The molecule has 0 amide bonds. The summed E-state index contributed by atoms with van der Waals surface area (Å²) < 4.78 is 10.7. The predicted octanol–water partition coefficient (Wildman–Crippen LogP) is 3.89. The fourth-order valence-corrected chi connectivity index (χ4v) is 2.99. The van der Waals surface area contributed by atoms with Gasteiger partial charge in [-0.3, -0.25) is 0 Å². The first kappa shape index (κ1) is 13.6. The van der Waals surface area contributed by atoms with E-state index in [4.69, 9.17) is 9.47 Å². The molecule has 0 bridgehead atoms. The lowest BCUT2D eigenvalue weighted by Crippen LogP contribution is -1.86. The first-order valence-corrected chi connectivity index (χ1v) is 7.25. The van der Waals surface area contributed by atoms with Crippen LogP contribution in [0.3, 0.4) is 0 Å². The van der Waals surface area contributed by atoms with E-state index in [1.54, 1.807) is 14.2 Å². The van der Waals surface area contributed by atoms with Gasteiger partial charge < -0.3 is 9.47 Å². The third-order valence-electron chi connectivity index (χ3n) is 3.10. The van der Waals surface area contributed by atoms with E-state index >= 15 is 0 Å². The fraction of sp³-hybridized carbons (Fsp3) is 0.125. The van der Waals surface area contributed by atoms with Crippen LogP contribution >= 0.6 is 11.3 Å². The number of para-hydroxylation sites is 2. The largest absolute Gasteiger partial charge is 0.496 e. The van der Waals surface area contributed by atoms with Crippen LogP contribution in [0.5, 0.6) is 11.5 Å². The number of ether oxygens (including phenoxy) is 2. The third-order valence-corrected chi connectivity index (χ3v) is 4.09. The Bertz CT molecular complexity index is 693. The van der Waals surface area contributed by atoms with Crippen LogP contribution in [0.4, 0.5) is 0 Å². The maximum atomic E-state index is 5.37. The molecule has 2 aromatic carbocycles. The normalized spacial score (nSPS) is 10.4. The second-order valence-electron chi connectivity index (χ2n) is 4.31. The van der Waals surface area contributed by atoms with Gasteiger partial charge in [0.25, 0.3) is 0 Å². The highest BCUT2D eigenvalue weighted by Gasteiger charge is 2.14. The van der Waals surface area contributed by atoms with Crippen molar-refractivity contribution >= 4 is 11.3 Å². The summed E-state index contributed by atoms with van der Waals surface area (Å²) in [5, 5.41) is 10.2. The van der Waals surface area contributed by atoms with E-state index < -0.39 is 0 Å². The van der Waals surface area contributed by atoms with Gasteiger partial charge in [0.15, 0.2) is 10.0 Å². The smallest absolute Gasteiger partial charge is 0.151 e. The van der Waals surface area contributed by atoms with Crippen molar-refractivity contribution in [2.75, 3.05) is 14.2 Å². The average Bonchev–Trinajstić information content (AvgIpc) is 3.04. The maximum Gasteiger partial charge on any atom is 0.151 e. The molecule has 21 heavy (non-hydrogen) atoms. The van der Waals surface area contributed by atoms with E-state index in [0.717, 1.165) is 32.6 Å². The molecule has 0 N–H and O–H groups in total. The van der Waals surface area contributed by atoms with Crippen molar-refractivity contribution < 1.29 is 9.47 Å². The van der Waals surface area contributed by atoms with Crippen LogP contribution in [0.15, 0.2) is 48.5 Å². The first-order chi connectivity index (χ1) is 10.3. The lowest BCUT2D eigenvalue weighted by molar-refractivity contribution is 0.416. The molecular formula is C16H14N2O2S. The Kier molecular flexibility index (Phi) is 3.83. The van der Waals surface area contributed by atoms with E-state index in [0.29, 0.717) is 0 Å². The minimum absolute atomic E-state index is 0.792. The van der Waals surface area contributed by atoms with Crippen molar-refractivity contribution in [1.29, 1.82) is 0 Å². The Labute approximate surface area is 127 Å². The van der Waals surface area contributed by atoms with E-state index in [1.807, 2.05) is 48.5 Å². The van der Waals surface area contributed by atoms with Gasteiger partial charge in [-0.05, 0) is 24.3 Å². The summed E-state index contributed by atoms with van der Waals surface area (Å²) in [6.07, 6.45) is 0. The fourth-order valence-electron chi connectivity index (χ4n) is 2.08. The number of hydrogen-bond donors (Lipinski definition) is 0. The lowest BCUT2D eigenvalue weighted by atomic mass is 10.2. The van der Waals surface area contributed by atoms with E-state index in [2.05, 4.69) is 10.2 Å². The summed E-state index contributed by atoms with van der Waals surface area (Å²) in [4.78, 5) is 0. The number of hydrogen-bond acceptors (Lipinski definition) is 5. The Morgan fingerprint density at radius 1 is 0.714 bits per heavy atom. The summed E-state index contributed by atoms with van der Waals surface area (Å²) in [6, 6.07) is 15.6. The summed E-state index contributed by atoms with van der Waals surface area (Å²) in [6.45, 7) is 0. The monoisotopic (exact) mass is 298 g/mol. The van der Waals surface area contributed by atoms with Gasteiger partial charge in [-0.25, -0.2) is 0 Å². The maximum absolute atomic E-state index is 5.37. The van der Waals surface area contributed by atoms with Gasteiger partial charge in [0, 0.05) is 0 Å². The predicted molar refractivity (Wildman–Crippen MR) is 83.9 cm³/mol. The molecule has 0 radical (unpaired) electrons. The van der Waals surface area contributed by atoms with Crippen LogP contribution in [0.2, 0.25) is 0 Å². The van der Waals surface area contributed by atoms with Crippen molar-refractivity contribution in [3.05, 3.63) is 48.5 Å². The summed E-state index contributed by atoms with van der Waals surface area (Å²) in [5.41, 5.74) is 1.89. The number of benzene rings is 2. The molecule has 3 rings (SSSR count). The standard InChI is InChI=1S/C16H14N2O2S/c1-19-13-9-5-3-7-11(13)15-17-18-16(21-15)12-8-4-6-10-14(12)20-2/h3-10H,1-2H3. The van der Waals surface area contributed by atoms with E-state index in [1.165, 1.54) is 11.3 Å². The van der Waals surface area contributed by atoms with Crippen LogP contribution in [0.25, 0.3) is 21.1 Å². The zero-order valence-corrected chi connectivity index (χ0v) is 12.6. The van der Waals surface area contributed by atoms with Gasteiger partial charge in [0.1, 0.15) is 11.5 Å². The van der Waals surface area contributed by atoms with Gasteiger partial charge >= 0.3 is 0 Å². The molecule has 1 aromatic heterocycles. The molecule has 5 heteroatoms. The zero-order valence-electron chi connectivity index (χ0n) is 11.7. The molecule has 0 aliphatic carbocycles. The van der Waals surface area contributed by atoms with E-state index in [9.17, 15) is 0 Å². The lowest BCUT2D eigenvalue weighted by Gasteiger charge is -2.04. The van der Waals surface area contributed by atoms with Crippen LogP contribution in [0, 0.1) is 0 Å². The molecule has 0 saturated heterocycles. The molecule has 0 aliphatic rings. The molecule has 4 nitrogen and oxygen atoms in total. The minimum atomic E-state index is 0.792. The van der Waals surface area contributed by atoms with Gasteiger partial charge in [-0.1, -0.05) is 35.6 Å². The highest BCUT2D eigenvalue weighted by Crippen LogP contribution is 2.37. The van der Waals surface area contributed by atoms with Gasteiger partial charge in [-0.15, -0.1) is 10.2 Å². The topological polar surface area (TPSA) is 44.2 Å².